The van der Waals surface area contributed by atoms with Crippen LogP contribution in [0, 0.1) is 0 Å². The average molecular weight is 382 g/mol. The van der Waals surface area contributed by atoms with Crippen LogP contribution in [0.25, 0.3) is 0 Å². The number of nitrogens with zero attached hydrogens (tertiary/aromatic N) is 1. The molecule has 0 aliphatic carbocycles. The highest BCUT2D eigenvalue weighted by Crippen LogP contribution is 2.27. The van der Waals surface area contributed by atoms with Crippen molar-refractivity contribution in [1.29, 1.82) is 0 Å². The maximum atomic E-state index is 12.8. The number of pyridine rings is 1. The summed E-state index contributed by atoms with van der Waals surface area (Å²) in [4.78, 5) is 27.3. The third-order valence-corrected chi connectivity index (χ3v) is 3.50. The largest absolute Gasteiger partial charge is 0.467 e. The van der Waals surface area contributed by atoms with E-state index in [2.05, 4.69) is 15.0 Å². The number of carbonyl (C=O) groups excluding carboxylic acids is 2. The van der Waals surface area contributed by atoms with Crippen LogP contribution < -0.4 is 5.32 Å². The zero-order valence-electron chi connectivity index (χ0n) is 14.3. The van der Waals surface area contributed by atoms with E-state index in [-0.39, 0.29) is 18.7 Å². The lowest BCUT2D eigenvalue weighted by Gasteiger charge is -2.17. The first kappa shape index (κ1) is 20.2. The predicted octanol–water partition coefficient (Wildman–Crippen LogP) is 3.11. The van der Waals surface area contributed by atoms with E-state index >= 15 is 0 Å². The summed E-state index contributed by atoms with van der Waals surface area (Å²) in [5, 5.41) is 2.29. The molecule has 0 fully saturated rings. The SMILES string of the molecule is COC(=O)C(Cc1cccc(C(F)(F)F)n1)NC(=O)OCc1ccccc1. The Balaban J connectivity index is 2.03. The Kier molecular flexibility index (Phi) is 6.75. The Labute approximate surface area is 153 Å². The van der Waals surface area contributed by atoms with E-state index in [1.165, 1.54) is 12.1 Å². The molecule has 0 aliphatic rings. The molecule has 1 amide bonds. The van der Waals surface area contributed by atoms with Crippen molar-refractivity contribution in [2.75, 3.05) is 7.11 Å². The molecule has 27 heavy (non-hydrogen) atoms. The number of alkyl carbamates (subject to hydrolysis) is 1. The van der Waals surface area contributed by atoms with Crippen molar-refractivity contribution in [3.8, 4) is 0 Å². The van der Waals surface area contributed by atoms with Crippen LogP contribution in [0.15, 0.2) is 48.5 Å². The number of benzene rings is 1. The van der Waals surface area contributed by atoms with Crippen LogP contribution in [0.4, 0.5) is 18.0 Å². The zero-order valence-corrected chi connectivity index (χ0v) is 14.3. The zero-order chi connectivity index (χ0) is 19.9. The van der Waals surface area contributed by atoms with Crippen molar-refractivity contribution in [3.05, 3.63) is 65.5 Å². The van der Waals surface area contributed by atoms with Crippen LogP contribution in [0.2, 0.25) is 0 Å². The maximum Gasteiger partial charge on any atom is 0.433 e. The van der Waals surface area contributed by atoms with Gasteiger partial charge >= 0.3 is 18.2 Å². The number of rotatable bonds is 6. The van der Waals surface area contributed by atoms with Gasteiger partial charge in [-0.15, -0.1) is 0 Å². The molecule has 0 bridgehead atoms. The molecule has 6 nitrogen and oxygen atoms in total. The van der Waals surface area contributed by atoms with Crippen molar-refractivity contribution in [1.82, 2.24) is 10.3 Å². The minimum Gasteiger partial charge on any atom is -0.467 e. The van der Waals surface area contributed by atoms with Gasteiger partial charge < -0.3 is 14.8 Å². The van der Waals surface area contributed by atoms with Crippen molar-refractivity contribution in [3.63, 3.8) is 0 Å². The minimum absolute atomic E-state index is 0.0245. The monoisotopic (exact) mass is 382 g/mol. The summed E-state index contributed by atoms with van der Waals surface area (Å²) in [6.45, 7) is -0.0254. The molecular formula is C18H17F3N2O4. The number of ether oxygens (including phenoxy) is 2. The Morgan fingerprint density at radius 2 is 1.81 bits per heavy atom. The van der Waals surface area contributed by atoms with Gasteiger partial charge in [0.15, 0.2) is 0 Å². The molecule has 0 spiro atoms. The van der Waals surface area contributed by atoms with Gasteiger partial charge in [-0.1, -0.05) is 36.4 Å². The van der Waals surface area contributed by atoms with Gasteiger partial charge in [0.25, 0.3) is 0 Å². The lowest BCUT2D eigenvalue weighted by molar-refractivity contribution is -0.143. The van der Waals surface area contributed by atoms with E-state index in [1.807, 2.05) is 0 Å². The summed E-state index contributed by atoms with van der Waals surface area (Å²) in [6.07, 6.45) is -5.79. The highest BCUT2D eigenvalue weighted by Gasteiger charge is 2.33. The van der Waals surface area contributed by atoms with Crippen LogP contribution in [0.3, 0.4) is 0 Å². The summed E-state index contributed by atoms with van der Waals surface area (Å²) in [5.41, 5.74) is -0.374. The van der Waals surface area contributed by atoms with Crippen molar-refractivity contribution < 1.29 is 32.2 Å². The quantitative estimate of drug-likeness (QED) is 0.777. The Bertz CT molecular complexity index is 782. The van der Waals surface area contributed by atoms with Gasteiger partial charge in [0.1, 0.15) is 18.3 Å². The van der Waals surface area contributed by atoms with Crippen LogP contribution in [-0.4, -0.2) is 30.2 Å². The number of methoxy groups -OCH3 is 1. The number of alkyl halides is 3. The molecule has 1 aromatic carbocycles. The molecule has 1 unspecified atom stereocenters. The highest BCUT2D eigenvalue weighted by molar-refractivity contribution is 5.81. The number of carbonyl (C=O) groups is 2. The van der Waals surface area contributed by atoms with E-state index in [1.54, 1.807) is 30.3 Å². The number of aromatic nitrogens is 1. The second-order valence-electron chi connectivity index (χ2n) is 5.50. The number of esters is 1. The molecule has 0 radical (unpaired) electrons. The van der Waals surface area contributed by atoms with Gasteiger partial charge in [0, 0.05) is 12.1 Å². The van der Waals surface area contributed by atoms with E-state index in [0.29, 0.717) is 0 Å². The fraction of sp³-hybridized carbons (Fsp3) is 0.278. The normalized spacial score (nSPS) is 12.1. The second kappa shape index (κ2) is 9.02. The number of nitrogens with one attached hydrogen (secondary N) is 1. The van der Waals surface area contributed by atoms with Crippen molar-refractivity contribution >= 4 is 12.1 Å². The molecule has 1 heterocycles. The molecule has 0 aliphatic heterocycles. The van der Waals surface area contributed by atoms with Crippen LogP contribution in [-0.2, 0) is 33.5 Å². The predicted molar refractivity (Wildman–Crippen MR) is 88.5 cm³/mol. The molecule has 9 heteroatoms. The summed E-state index contributed by atoms with van der Waals surface area (Å²) < 4.78 is 47.9. The standard InChI is InChI=1S/C18H17F3N2O4/c1-26-16(24)14(10-13-8-5-9-15(22-13)18(19,20)21)23-17(25)27-11-12-6-3-2-4-7-12/h2-9,14H,10-11H2,1H3,(H,23,25). The fourth-order valence-electron chi connectivity index (χ4n) is 2.20. The van der Waals surface area contributed by atoms with E-state index in [9.17, 15) is 22.8 Å². The first-order valence-corrected chi connectivity index (χ1v) is 7.87. The van der Waals surface area contributed by atoms with Crippen LogP contribution in [0.5, 0.6) is 0 Å². The molecule has 1 aromatic heterocycles. The summed E-state index contributed by atoms with van der Waals surface area (Å²) in [5.74, 6) is -0.828. The number of halogens is 3. The summed E-state index contributed by atoms with van der Waals surface area (Å²) in [7, 11) is 1.10. The van der Waals surface area contributed by atoms with Gasteiger partial charge in [0.2, 0.25) is 0 Å². The first-order valence-electron chi connectivity index (χ1n) is 7.87. The van der Waals surface area contributed by atoms with Crippen molar-refractivity contribution in [2.24, 2.45) is 0 Å². The van der Waals surface area contributed by atoms with Crippen molar-refractivity contribution in [2.45, 2.75) is 25.2 Å². The lowest BCUT2D eigenvalue weighted by Crippen LogP contribution is -2.43. The first-order chi connectivity index (χ1) is 12.8. The Hall–Kier alpha value is -3.10. The van der Waals surface area contributed by atoms with Gasteiger partial charge in [-0.05, 0) is 17.7 Å². The second-order valence-corrected chi connectivity index (χ2v) is 5.50. The molecule has 2 aromatic rings. The lowest BCUT2D eigenvalue weighted by atomic mass is 10.1. The summed E-state index contributed by atoms with van der Waals surface area (Å²) in [6, 6.07) is 10.9. The fourth-order valence-corrected chi connectivity index (χ4v) is 2.20. The molecule has 0 saturated carbocycles. The van der Waals surface area contributed by atoms with Crippen LogP contribution in [0.1, 0.15) is 17.0 Å². The van der Waals surface area contributed by atoms with E-state index < -0.39 is 30.0 Å². The molecule has 1 N–H and O–H groups in total. The van der Waals surface area contributed by atoms with Crippen LogP contribution >= 0.6 is 0 Å². The Morgan fingerprint density at radius 3 is 2.44 bits per heavy atom. The number of hydrogen-bond acceptors (Lipinski definition) is 5. The third-order valence-electron chi connectivity index (χ3n) is 3.50. The smallest absolute Gasteiger partial charge is 0.433 e. The van der Waals surface area contributed by atoms with E-state index in [0.717, 1.165) is 18.7 Å². The minimum atomic E-state index is -4.61. The van der Waals surface area contributed by atoms with Gasteiger partial charge in [-0.25, -0.2) is 14.6 Å². The topological polar surface area (TPSA) is 77.5 Å². The Morgan fingerprint density at radius 1 is 1.11 bits per heavy atom. The molecule has 2 rings (SSSR count). The highest BCUT2D eigenvalue weighted by atomic mass is 19.4. The van der Waals surface area contributed by atoms with Gasteiger partial charge in [-0.2, -0.15) is 13.2 Å². The molecule has 144 valence electrons. The van der Waals surface area contributed by atoms with Gasteiger partial charge in [-0.3, -0.25) is 0 Å². The molecule has 1 atom stereocenters. The van der Waals surface area contributed by atoms with E-state index in [4.69, 9.17) is 4.74 Å². The third kappa shape index (κ3) is 6.28. The molecule has 0 saturated heterocycles. The number of hydrogen-bond donors (Lipinski definition) is 1. The maximum absolute atomic E-state index is 12.8. The average Bonchev–Trinajstić information content (AvgIpc) is 2.65. The molecular weight excluding hydrogens is 365 g/mol. The number of amides is 1. The van der Waals surface area contributed by atoms with Gasteiger partial charge in [0.05, 0.1) is 7.11 Å². The summed E-state index contributed by atoms with van der Waals surface area (Å²) >= 11 is 0.